The maximum absolute atomic E-state index is 14.2. The first-order valence-electron chi connectivity index (χ1n) is 19.1. The molecule has 0 atom stereocenters. The molecule has 0 aliphatic carbocycles. The largest absolute Gasteiger partial charge is 0.370 e. The molecule has 308 valence electrons. The van der Waals surface area contributed by atoms with Gasteiger partial charge in [-0.15, -0.1) is 0 Å². The summed E-state index contributed by atoms with van der Waals surface area (Å²) >= 11 is 0. The number of urea groups is 1. The molecule has 0 fully saturated rings. The Bertz CT molecular complexity index is 1650. The van der Waals surface area contributed by atoms with Crippen LogP contribution in [0.2, 0.25) is 0 Å². The molecule has 4 amide bonds. The molecular formula is C41H66N12O3. The summed E-state index contributed by atoms with van der Waals surface area (Å²) in [6.45, 7) is 22.3. The van der Waals surface area contributed by atoms with Crippen molar-refractivity contribution < 1.29 is 14.4 Å². The molecule has 0 aromatic heterocycles. The number of unbranched alkanes of at least 4 members (excludes halogenated alkanes) is 2. The summed E-state index contributed by atoms with van der Waals surface area (Å²) in [6, 6.07) is 7.05. The molecule has 16 N–H and O–H groups in total. The van der Waals surface area contributed by atoms with Gasteiger partial charge in [0, 0.05) is 37.1 Å². The number of amides is 4. The normalized spacial score (nSPS) is 11.3. The van der Waals surface area contributed by atoms with Crippen molar-refractivity contribution in [3.8, 4) is 0 Å². The van der Waals surface area contributed by atoms with E-state index in [4.69, 9.17) is 34.4 Å². The molecule has 0 spiro atoms. The van der Waals surface area contributed by atoms with Gasteiger partial charge < -0.3 is 55.7 Å². The lowest BCUT2D eigenvalue weighted by Crippen LogP contribution is -2.24. The number of hydrogen-bond acceptors (Lipinski definition) is 7. The van der Waals surface area contributed by atoms with Crippen molar-refractivity contribution in [2.45, 2.75) is 104 Å². The van der Waals surface area contributed by atoms with Gasteiger partial charge in [-0.2, -0.15) is 0 Å². The summed E-state index contributed by atoms with van der Waals surface area (Å²) in [4.78, 5) is 48.6. The van der Waals surface area contributed by atoms with Crippen molar-refractivity contribution in [2.24, 2.45) is 44.4 Å². The first-order chi connectivity index (χ1) is 26.2. The third-order valence-corrected chi connectivity index (χ3v) is 8.87. The minimum atomic E-state index is -0.556. The number of guanidine groups is 2. The zero-order valence-electron chi connectivity index (χ0n) is 34.3. The Morgan fingerprint density at radius 2 is 0.875 bits per heavy atom. The van der Waals surface area contributed by atoms with Crippen molar-refractivity contribution in [3.05, 3.63) is 59.7 Å². The number of rotatable bonds is 20. The number of carbonyl (C=O) groups is 3. The Balaban J connectivity index is 2.62. The van der Waals surface area contributed by atoms with Gasteiger partial charge >= 0.3 is 6.03 Å². The second-order valence-corrected chi connectivity index (χ2v) is 15.9. The van der Waals surface area contributed by atoms with Gasteiger partial charge in [0.1, 0.15) is 0 Å². The molecule has 0 heterocycles. The van der Waals surface area contributed by atoms with E-state index in [0.29, 0.717) is 110 Å². The van der Waals surface area contributed by atoms with Gasteiger partial charge in [-0.25, -0.2) is 4.79 Å². The smallest absolute Gasteiger partial charge is 0.323 e. The lowest BCUT2D eigenvalue weighted by Gasteiger charge is -2.27. The lowest BCUT2D eigenvalue weighted by atomic mass is 9.84. The molecule has 2 rings (SSSR count). The predicted octanol–water partition coefficient (Wildman–Crippen LogP) is 5.41. The molecule has 0 unspecified atom stereocenters. The number of nitrogens with two attached hydrogens (primary N) is 6. The quantitative estimate of drug-likeness (QED) is 0.0467. The maximum Gasteiger partial charge on any atom is 0.323 e. The Labute approximate surface area is 332 Å². The fraction of sp³-hybridized carbons (Fsp3) is 0.488. The van der Waals surface area contributed by atoms with E-state index < -0.39 is 6.03 Å². The van der Waals surface area contributed by atoms with Gasteiger partial charge in [-0.05, 0) is 109 Å². The molecule has 2 aromatic rings. The number of carbonyl (C=O) groups excluding carboxylic acids is 3. The van der Waals surface area contributed by atoms with Gasteiger partial charge in [-0.1, -0.05) is 54.7 Å². The minimum Gasteiger partial charge on any atom is -0.370 e. The Morgan fingerprint density at radius 1 is 0.554 bits per heavy atom. The predicted molar refractivity (Wildman–Crippen MR) is 235 cm³/mol. The first-order valence-corrected chi connectivity index (χ1v) is 19.1. The topological polar surface area (TPSA) is 280 Å². The highest BCUT2D eigenvalue weighted by Crippen LogP contribution is 2.40. The molecule has 2 aromatic carbocycles. The Morgan fingerprint density at radius 3 is 1.16 bits per heavy atom. The second-order valence-electron chi connectivity index (χ2n) is 15.9. The van der Waals surface area contributed by atoms with E-state index in [9.17, 15) is 14.4 Å². The molecule has 0 saturated heterocycles. The standard InChI is InChI=1S/C41H66N12O3/c1-25(15-17-42)35-29(50-33(54)13-9-11-19-48-37(44)45)21-27(40(3,4)5)23-31(35)52-39(56)53-32-24-28(41(6,7)8)22-30(36(32)26(2)16-18-43)51-34(55)14-10-12-20-49-38(46)47/h21-24H,1-2,9-20,42-43H2,3-8H3,(H,50,54)(H,51,55)(H4,44,45,48)(H4,46,47,49)(H2,52,53,56). The summed E-state index contributed by atoms with van der Waals surface area (Å²) < 4.78 is 0. The second kappa shape index (κ2) is 21.6. The highest BCUT2D eigenvalue weighted by Gasteiger charge is 2.25. The molecular weight excluding hydrogens is 709 g/mol. The molecule has 0 radical (unpaired) electrons. The highest BCUT2D eigenvalue weighted by molar-refractivity contribution is 6.07. The third kappa shape index (κ3) is 15.4. The van der Waals surface area contributed by atoms with Gasteiger partial charge in [0.15, 0.2) is 11.9 Å². The molecule has 15 heteroatoms. The van der Waals surface area contributed by atoms with Crippen LogP contribution in [0.5, 0.6) is 0 Å². The summed E-state index contributed by atoms with van der Waals surface area (Å²) in [5.41, 5.74) is 39.0. The van der Waals surface area contributed by atoms with Gasteiger partial charge in [0.2, 0.25) is 11.8 Å². The Kier molecular flexibility index (Phi) is 18.0. The van der Waals surface area contributed by atoms with E-state index in [0.717, 1.165) is 11.1 Å². The number of aliphatic imine (C=N–C) groups is 2. The highest BCUT2D eigenvalue weighted by atomic mass is 16.2. The average molecular weight is 775 g/mol. The van der Waals surface area contributed by atoms with Crippen LogP contribution in [-0.4, -0.2) is 55.9 Å². The average Bonchev–Trinajstić information content (AvgIpc) is 3.06. The van der Waals surface area contributed by atoms with Gasteiger partial charge in [0.05, 0.1) is 22.7 Å². The number of benzene rings is 2. The van der Waals surface area contributed by atoms with E-state index in [2.05, 4.69) is 44.4 Å². The van der Waals surface area contributed by atoms with E-state index in [-0.39, 0.29) is 47.4 Å². The van der Waals surface area contributed by atoms with Crippen molar-refractivity contribution in [2.75, 3.05) is 47.4 Å². The van der Waals surface area contributed by atoms with E-state index in [1.54, 1.807) is 0 Å². The fourth-order valence-electron chi connectivity index (χ4n) is 5.82. The van der Waals surface area contributed by atoms with E-state index >= 15 is 0 Å². The Hall–Kier alpha value is -5.41. The summed E-state index contributed by atoms with van der Waals surface area (Å²) in [5, 5.41) is 12.2. The van der Waals surface area contributed by atoms with Crippen LogP contribution in [0, 0.1) is 0 Å². The molecule has 56 heavy (non-hydrogen) atoms. The van der Waals surface area contributed by atoms with Crippen LogP contribution in [0.4, 0.5) is 27.5 Å². The number of nitrogens with zero attached hydrogens (tertiary/aromatic N) is 2. The van der Waals surface area contributed by atoms with Crippen molar-refractivity contribution >= 4 is 63.7 Å². The zero-order valence-corrected chi connectivity index (χ0v) is 34.3. The number of anilines is 4. The van der Waals surface area contributed by atoms with Crippen LogP contribution in [-0.2, 0) is 20.4 Å². The van der Waals surface area contributed by atoms with Crippen molar-refractivity contribution in [1.29, 1.82) is 0 Å². The van der Waals surface area contributed by atoms with E-state index in [1.807, 2.05) is 65.8 Å². The van der Waals surface area contributed by atoms with Crippen LogP contribution in [0.1, 0.15) is 115 Å². The molecule has 0 aliphatic rings. The first kappa shape index (κ1) is 46.7. The van der Waals surface area contributed by atoms with Crippen LogP contribution >= 0.6 is 0 Å². The number of hydrogen-bond donors (Lipinski definition) is 10. The van der Waals surface area contributed by atoms with Crippen LogP contribution in [0.3, 0.4) is 0 Å². The van der Waals surface area contributed by atoms with E-state index in [1.165, 1.54) is 0 Å². The molecule has 0 bridgehead atoms. The van der Waals surface area contributed by atoms with Crippen LogP contribution in [0.25, 0.3) is 11.1 Å². The minimum absolute atomic E-state index is 0.00915. The molecule has 0 aliphatic heterocycles. The molecule has 15 nitrogen and oxygen atoms in total. The lowest BCUT2D eigenvalue weighted by molar-refractivity contribution is -0.117. The zero-order chi connectivity index (χ0) is 42.2. The van der Waals surface area contributed by atoms with Gasteiger partial charge in [0.25, 0.3) is 0 Å². The van der Waals surface area contributed by atoms with Crippen LogP contribution < -0.4 is 55.7 Å². The summed E-state index contributed by atoms with van der Waals surface area (Å²) in [5.74, 6) is -0.392. The third-order valence-electron chi connectivity index (χ3n) is 8.87. The SMILES string of the molecule is C=C(CCN)c1c(NC(=O)CCCCN=C(N)N)cc(C(C)(C)C)cc1NC(=O)Nc1cc(C(C)(C)C)cc(NC(=O)CCCCN=C(N)N)c1C(=C)CCN. The van der Waals surface area contributed by atoms with Crippen LogP contribution in [0.15, 0.2) is 47.4 Å². The van der Waals surface area contributed by atoms with Crippen molar-refractivity contribution in [1.82, 2.24) is 0 Å². The van der Waals surface area contributed by atoms with Crippen molar-refractivity contribution in [3.63, 3.8) is 0 Å². The maximum atomic E-state index is 14.2. The fourth-order valence-corrected chi connectivity index (χ4v) is 5.82. The van der Waals surface area contributed by atoms with Gasteiger partial charge in [-0.3, -0.25) is 19.6 Å². The summed E-state index contributed by atoms with van der Waals surface area (Å²) in [6.07, 6.45) is 3.72. The molecule has 0 saturated carbocycles. The summed E-state index contributed by atoms with van der Waals surface area (Å²) in [7, 11) is 0. The monoisotopic (exact) mass is 775 g/mol. The number of nitrogens with one attached hydrogen (secondary N) is 4.